The van der Waals surface area contributed by atoms with Crippen LogP contribution in [0, 0.1) is 13.8 Å². The quantitative estimate of drug-likeness (QED) is 0.791. The first kappa shape index (κ1) is 11.0. The van der Waals surface area contributed by atoms with E-state index in [1.54, 1.807) is 0 Å². The average Bonchev–Trinajstić information content (AvgIpc) is 2.47. The molecule has 0 aromatic carbocycles. The molecule has 4 nitrogen and oxygen atoms in total. The summed E-state index contributed by atoms with van der Waals surface area (Å²) in [6, 6.07) is 4.41. The molecule has 2 heterocycles. The van der Waals surface area contributed by atoms with Gasteiger partial charge in [0.05, 0.1) is 6.04 Å². The first-order chi connectivity index (χ1) is 7.66. The van der Waals surface area contributed by atoms with Crippen molar-refractivity contribution in [1.29, 1.82) is 0 Å². The number of rotatable bonds is 2. The third-order valence-corrected chi connectivity index (χ3v) is 3.07. The minimum absolute atomic E-state index is 0.150. The van der Waals surface area contributed by atoms with E-state index in [0.717, 1.165) is 19.4 Å². The van der Waals surface area contributed by atoms with Crippen LogP contribution in [-0.2, 0) is 4.79 Å². The van der Waals surface area contributed by atoms with Crippen LogP contribution in [0.4, 0.5) is 0 Å². The highest BCUT2D eigenvalue weighted by Gasteiger charge is 2.17. The Kier molecular flexibility index (Phi) is 3.17. The molecule has 1 amide bonds. The molecule has 0 saturated carbocycles. The van der Waals surface area contributed by atoms with Gasteiger partial charge in [0, 0.05) is 24.4 Å². The molecule has 1 aliphatic heterocycles. The Labute approximate surface area is 96.0 Å². The van der Waals surface area contributed by atoms with Crippen LogP contribution in [0.3, 0.4) is 0 Å². The van der Waals surface area contributed by atoms with Crippen molar-refractivity contribution in [3.05, 3.63) is 23.5 Å². The van der Waals surface area contributed by atoms with E-state index in [1.807, 2.05) is 0 Å². The molecule has 0 radical (unpaired) electrons. The average molecular weight is 221 g/mol. The molecule has 2 rings (SSSR count). The number of aromatic nitrogens is 1. The zero-order valence-corrected chi connectivity index (χ0v) is 9.92. The fourth-order valence-corrected chi connectivity index (χ4v) is 2.14. The summed E-state index contributed by atoms with van der Waals surface area (Å²) >= 11 is 0. The molecule has 2 N–H and O–H groups in total. The molecule has 1 aromatic heterocycles. The van der Waals surface area contributed by atoms with E-state index in [4.69, 9.17) is 0 Å². The van der Waals surface area contributed by atoms with E-state index in [2.05, 4.69) is 41.4 Å². The van der Waals surface area contributed by atoms with Gasteiger partial charge in [0.25, 0.3) is 0 Å². The number of hydrogen-bond acceptors (Lipinski definition) is 2. The van der Waals surface area contributed by atoms with Crippen LogP contribution in [0.15, 0.2) is 12.1 Å². The number of nitrogens with zero attached hydrogens (tertiary/aromatic N) is 1. The van der Waals surface area contributed by atoms with Crippen molar-refractivity contribution in [2.45, 2.75) is 39.2 Å². The predicted molar refractivity (Wildman–Crippen MR) is 63.9 cm³/mol. The van der Waals surface area contributed by atoms with E-state index >= 15 is 0 Å². The summed E-state index contributed by atoms with van der Waals surface area (Å²) in [5, 5.41) is 2.90. The van der Waals surface area contributed by atoms with Crippen LogP contribution in [0.1, 0.15) is 30.7 Å². The van der Waals surface area contributed by atoms with Gasteiger partial charge in [-0.2, -0.15) is 0 Å². The summed E-state index contributed by atoms with van der Waals surface area (Å²) in [5.74, 6) is 0.150. The van der Waals surface area contributed by atoms with Gasteiger partial charge in [-0.15, -0.1) is 0 Å². The molecule has 4 heteroatoms. The van der Waals surface area contributed by atoms with Gasteiger partial charge in [0.2, 0.25) is 5.91 Å². The number of carbonyl (C=O) groups excluding carboxylic acids is 1. The molecule has 1 fully saturated rings. The standard InChI is InChI=1S/C12H19N3O/c1-9-5-6-10(2)15(9)14-11-4-3-7-13-12(16)8-11/h5-6,11,14H,3-4,7-8H2,1-2H3,(H,13,16). The van der Waals surface area contributed by atoms with Gasteiger partial charge >= 0.3 is 0 Å². The zero-order chi connectivity index (χ0) is 11.5. The number of nitrogens with one attached hydrogen (secondary N) is 2. The van der Waals surface area contributed by atoms with E-state index in [9.17, 15) is 4.79 Å². The molecule has 1 aromatic rings. The molecule has 88 valence electrons. The van der Waals surface area contributed by atoms with Crippen molar-refractivity contribution in [2.24, 2.45) is 0 Å². The lowest BCUT2D eigenvalue weighted by Gasteiger charge is -2.20. The van der Waals surface area contributed by atoms with E-state index in [1.165, 1.54) is 11.4 Å². The van der Waals surface area contributed by atoms with Crippen molar-refractivity contribution < 1.29 is 4.79 Å². The van der Waals surface area contributed by atoms with Crippen LogP contribution in [0.5, 0.6) is 0 Å². The lowest BCUT2D eigenvalue weighted by Crippen LogP contribution is -2.32. The first-order valence-electron chi connectivity index (χ1n) is 5.85. The van der Waals surface area contributed by atoms with Crippen LogP contribution in [0.25, 0.3) is 0 Å². The highest BCUT2D eigenvalue weighted by atomic mass is 16.1. The summed E-state index contributed by atoms with van der Waals surface area (Å²) in [6.07, 6.45) is 2.65. The second-order valence-electron chi connectivity index (χ2n) is 4.47. The fourth-order valence-electron chi connectivity index (χ4n) is 2.14. The normalized spacial score (nSPS) is 21.4. The molecule has 0 spiro atoms. The van der Waals surface area contributed by atoms with Gasteiger partial charge in [-0.25, -0.2) is 0 Å². The summed E-state index contributed by atoms with van der Waals surface area (Å²) in [5.41, 5.74) is 5.79. The fraction of sp³-hybridized carbons (Fsp3) is 0.583. The molecule has 16 heavy (non-hydrogen) atoms. The molecule has 1 saturated heterocycles. The van der Waals surface area contributed by atoms with Crippen molar-refractivity contribution in [2.75, 3.05) is 12.0 Å². The Hall–Kier alpha value is -1.45. The van der Waals surface area contributed by atoms with Gasteiger partial charge in [0.15, 0.2) is 0 Å². The second kappa shape index (κ2) is 4.60. The highest BCUT2D eigenvalue weighted by molar-refractivity contribution is 5.77. The maximum atomic E-state index is 11.4. The predicted octanol–water partition coefficient (Wildman–Crippen LogP) is 1.32. The highest BCUT2D eigenvalue weighted by Crippen LogP contribution is 2.11. The Morgan fingerprint density at radius 3 is 2.75 bits per heavy atom. The van der Waals surface area contributed by atoms with Crippen molar-refractivity contribution in [1.82, 2.24) is 9.99 Å². The molecular weight excluding hydrogens is 202 g/mol. The molecule has 1 atom stereocenters. The van der Waals surface area contributed by atoms with Crippen LogP contribution in [-0.4, -0.2) is 23.2 Å². The van der Waals surface area contributed by atoms with Crippen LogP contribution < -0.4 is 10.7 Å². The first-order valence-corrected chi connectivity index (χ1v) is 5.85. The number of amides is 1. The van der Waals surface area contributed by atoms with Crippen molar-refractivity contribution in [3.63, 3.8) is 0 Å². The molecule has 0 aliphatic carbocycles. The zero-order valence-electron chi connectivity index (χ0n) is 9.92. The summed E-state index contributed by atoms with van der Waals surface area (Å²) < 4.78 is 2.07. The maximum absolute atomic E-state index is 11.4. The van der Waals surface area contributed by atoms with Gasteiger partial charge < -0.3 is 10.7 Å². The van der Waals surface area contributed by atoms with Gasteiger partial charge in [0.1, 0.15) is 0 Å². The van der Waals surface area contributed by atoms with E-state index in [0.29, 0.717) is 6.42 Å². The molecule has 1 aliphatic rings. The Morgan fingerprint density at radius 1 is 1.38 bits per heavy atom. The van der Waals surface area contributed by atoms with Crippen LogP contribution >= 0.6 is 0 Å². The largest absolute Gasteiger partial charge is 0.356 e. The number of hydrogen-bond donors (Lipinski definition) is 2. The van der Waals surface area contributed by atoms with Gasteiger partial charge in [-0.05, 0) is 38.8 Å². The minimum Gasteiger partial charge on any atom is -0.356 e. The topological polar surface area (TPSA) is 46.1 Å². The molecular formula is C12H19N3O. The van der Waals surface area contributed by atoms with Crippen molar-refractivity contribution >= 4 is 5.91 Å². The Balaban J connectivity index is 2.06. The summed E-state index contributed by atoms with van der Waals surface area (Å²) in [4.78, 5) is 11.4. The lowest BCUT2D eigenvalue weighted by molar-refractivity contribution is -0.120. The van der Waals surface area contributed by atoms with E-state index in [-0.39, 0.29) is 11.9 Å². The van der Waals surface area contributed by atoms with E-state index < -0.39 is 0 Å². The minimum atomic E-state index is 0.150. The summed E-state index contributed by atoms with van der Waals surface area (Å²) in [7, 11) is 0. The third kappa shape index (κ3) is 2.38. The third-order valence-electron chi connectivity index (χ3n) is 3.07. The van der Waals surface area contributed by atoms with Gasteiger partial charge in [-0.1, -0.05) is 0 Å². The Morgan fingerprint density at radius 2 is 2.06 bits per heavy atom. The SMILES string of the molecule is Cc1ccc(C)n1NC1CCCNC(=O)C1. The second-order valence-corrected chi connectivity index (χ2v) is 4.47. The monoisotopic (exact) mass is 221 g/mol. The summed E-state index contributed by atoms with van der Waals surface area (Å²) in [6.45, 7) is 4.94. The smallest absolute Gasteiger partial charge is 0.222 e. The lowest BCUT2D eigenvalue weighted by atomic mass is 10.1. The molecule has 1 unspecified atom stereocenters. The van der Waals surface area contributed by atoms with Crippen LogP contribution in [0.2, 0.25) is 0 Å². The number of aryl methyl sites for hydroxylation is 2. The van der Waals surface area contributed by atoms with Gasteiger partial charge in [-0.3, -0.25) is 9.47 Å². The Bertz CT molecular complexity index is 364. The molecule has 0 bridgehead atoms. The van der Waals surface area contributed by atoms with Crippen molar-refractivity contribution in [3.8, 4) is 0 Å². The maximum Gasteiger partial charge on any atom is 0.222 e. The number of carbonyl (C=O) groups is 1.